The van der Waals surface area contributed by atoms with Gasteiger partial charge in [-0.3, -0.25) is 9.59 Å². The third-order valence-electron chi connectivity index (χ3n) is 2.15. The van der Waals surface area contributed by atoms with Gasteiger partial charge >= 0.3 is 11.9 Å². The van der Waals surface area contributed by atoms with Crippen molar-refractivity contribution in [2.75, 3.05) is 0 Å². The minimum Gasteiger partial charge on any atom is -0.481 e. The minimum absolute atomic E-state index is 0. The summed E-state index contributed by atoms with van der Waals surface area (Å²) < 4.78 is 0. The molecule has 0 aromatic carbocycles. The second-order valence-electron chi connectivity index (χ2n) is 2.82. The molecule has 1 aliphatic rings. The molecule has 0 spiro atoms. The van der Waals surface area contributed by atoms with Crippen molar-refractivity contribution in [2.24, 2.45) is 11.8 Å². The van der Waals surface area contributed by atoms with E-state index in [1.165, 1.54) is 0 Å². The fourth-order valence-electron chi connectivity index (χ4n) is 1.55. The fourth-order valence-corrected chi connectivity index (χ4v) is 1.55. The number of carbonyl (C=O) groups is 2. The first kappa shape index (κ1) is 15.9. The van der Waals surface area contributed by atoms with Crippen LogP contribution in [-0.4, -0.2) is 22.2 Å². The molecule has 6 heteroatoms. The van der Waals surface area contributed by atoms with Crippen molar-refractivity contribution < 1.29 is 64.6 Å². The van der Waals surface area contributed by atoms with Gasteiger partial charge in [0.05, 0.1) is 11.8 Å². The Morgan fingerprint density at radius 2 is 1.23 bits per heavy atom. The van der Waals surface area contributed by atoms with E-state index in [0.717, 1.165) is 0 Å². The van der Waals surface area contributed by atoms with Crippen LogP contribution in [0.4, 0.5) is 0 Å². The van der Waals surface area contributed by atoms with Crippen LogP contribution in [0.25, 0.3) is 0 Å². The summed E-state index contributed by atoms with van der Waals surface area (Å²) in [6.07, 6.45) is 1.73. The molecular weight excluding hydrogens is 364 g/mol. The predicted molar refractivity (Wildman–Crippen MR) is 36.1 cm³/mol. The van der Waals surface area contributed by atoms with Crippen LogP contribution in [0.5, 0.6) is 0 Å². The van der Waals surface area contributed by atoms with Crippen LogP contribution in [0.1, 0.15) is 19.3 Å². The second kappa shape index (κ2) is 6.81. The number of carboxylic acid groups (broad SMARTS) is 2. The van der Waals surface area contributed by atoms with E-state index in [-0.39, 0.29) is 44.8 Å². The van der Waals surface area contributed by atoms with Crippen molar-refractivity contribution in [2.45, 2.75) is 19.3 Å². The maximum absolute atomic E-state index is 10.5. The van der Waals surface area contributed by atoms with E-state index in [0.29, 0.717) is 19.3 Å². The first-order valence-corrected chi connectivity index (χ1v) is 3.58. The Hall–Kier alpha value is 0.421. The average molecular weight is 374 g/mol. The van der Waals surface area contributed by atoms with Gasteiger partial charge in [-0.1, -0.05) is 6.42 Å². The third-order valence-corrected chi connectivity index (χ3v) is 2.15. The fraction of sp³-hybridized carbons (Fsp3) is 0.714. The molecule has 0 aromatic heterocycles. The maximum atomic E-state index is 10.5. The van der Waals surface area contributed by atoms with Gasteiger partial charge in [0.1, 0.15) is 0 Å². The quantitative estimate of drug-likeness (QED) is 0.694. The second-order valence-corrected chi connectivity index (χ2v) is 2.82. The van der Waals surface area contributed by atoms with Crippen LogP contribution < -0.4 is 0 Å². The molecule has 1 aliphatic carbocycles. The summed E-state index contributed by atoms with van der Waals surface area (Å²) in [5.74, 6) is -3.27. The third kappa shape index (κ3) is 3.97. The number of aliphatic carboxylic acids is 2. The van der Waals surface area contributed by atoms with Gasteiger partial charge in [-0.25, -0.2) is 0 Å². The molecule has 2 N–H and O–H groups in total. The van der Waals surface area contributed by atoms with Gasteiger partial charge in [0.2, 0.25) is 0 Å². The summed E-state index contributed by atoms with van der Waals surface area (Å²) in [5.41, 5.74) is 0. The van der Waals surface area contributed by atoms with Gasteiger partial charge < -0.3 is 10.2 Å². The first-order valence-electron chi connectivity index (χ1n) is 3.58. The van der Waals surface area contributed by atoms with Gasteiger partial charge in [0.25, 0.3) is 0 Å². The molecule has 0 aliphatic heterocycles. The molecule has 2 radical (unpaired) electrons. The van der Waals surface area contributed by atoms with Crippen LogP contribution in [0.15, 0.2) is 0 Å². The topological polar surface area (TPSA) is 74.6 Å². The predicted octanol–water partition coefficient (Wildman–Crippen LogP) is 0.567. The molecular formula is C7H10Ag2O4. The number of rotatable bonds is 2. The standard InChI is InChI=1S/C7H10O4.2Ag/c8-6(9)4-2-1-3-5(4)7(10)11;;/h4-5H,1-3H2,(H,8,9)(H,10,11);;. The van der Waals surface area contributed by atoms with Crippen molar-refractivity contribution in [3.63, 3.8) is 0 Å². The van der Waals surface area contributed by atoms with Gasteiger partial charge in [-0.2, -0.15) is 0 Å². The monoisotopic (exact) mass is 372 g/mol. The normalized spacial score (nSPS) is 25.5. The van der Waals surface area contributed by atoms with E-state index in [9.17, 15) is 9.59 Å². The molecule has 1 fully saturated rings. The first-order chi connectivity index (χ1) is 5.13. The number of carboxylic acids is 2. The molecule has 0 amide bonds. The minimum atomic E-state index is -0.977. The summed E-state index contributed by atoms with van der Waals surface area (Å²) in [6, 6.07) is 0. The zero-order valence-electron chi connectivity index (χ0n) is 6.59. The summed E-state index contributed by atoms with van der Waals surface area (Å²) in [6.45, 7) is 0. The zero-order chi connectivity index (χ0) is 8.43. The summed E-state index contributed by atoms with van der Waals surface area (Å²) in [4.78, 5) is 20.9. The maximum Gasteiger partial charge on any atom is 0.307 e. The molecule has 4 nitrogen and oxygen atoms in total. The van der Waals surface area contributed by atoms with Crippen molar-refractivity contribution in [3.05, 3.63) is 0 Å². The van der Waals surface area contributed by atoms with E-state index >= 15 is 0 Å². The summed E-state index contributed by atoms with van der Waals surface area (Å²) in [5, 5.41) is 17.1. The average Bonchev–Trinajstić information content (AvgIpc) is 2.32. The van der Waals surface area contributed by atoms with Crippen LogP contribution in [0.2, 0.25) is 0 Å². The molecule has 0 bridgehead atoms. The Balaban J connectivity index is 0. The largest absolute Gasteiger partial charge is 0.481 e. The van der Waals surface area contributed by atoms with Gasteiger partial charge in [0, 0.05) is 44.8 Å². The Bertz CT molecular complexity index is 175. The number of hydrogen-bond donors (Lipinski definition) is 2. The molecule has 0 heterocycles. The van der Waals surface area contributed by atoms with E-state index in [1.807, 2.05) is 0 Å². The number of hydrogen-bond acceptors (Lipinski definition) is 2. The SMILES string of the molecule is O=C(O)C1CCCC1C(=O)O.[Ag].[Ag]. The van der Waals surface area contributed by atoms with Gasteiger partial charge in [0.15, 0.2) is 0 Å². The van der Waals surface area contributed by atoms with Crippen molar-refractivity contribution >= 4 is 11.9 Å². The molecule has 84 valence electrons. The molecule has 0 aromatic rings. The van der Waals surface area contributed by atoms with Crippen LogP contribution in [0, 0.1) is 11.8 Å². The molecule has 13 heavy (non-hydrogen) atoms. The zero-order valence-corrected chi connectivity index (χ0v) is 9.55. The van der Waals surface area contributed by atoms with Gasteiger partial charge in [-0.05, 0) is 12.8 Å². The van der Waals surface area contributed by atoms with Crippen molar-refractivity contribution in [1.29, 1.82) is 0 Å². The Morgan fingerprint density at radius 1 is 0.923 bits per heavy atom. The van der Waals surface area contributed by atoms with E-state index in [1.54, 1.807) is 0 Å². The molecule has 1 saturated carbocycles. The van der Waals surface area contributed by atoms with E-state index in [2.05, 4.69) is 0 Å². The van der Waals surface area contributed by atoms with Gasteiger partial charge in [-0.15, -0.1) is 0 Å². The van der Waals surface area contributed by atoms with E-state index < -0.39 is 23.8 Å². The Morgan fingerprint density at radius 3 is 1.46 bits per heavy atom. The molecule has 2 atom stereocenters. The van der Waals surface area contributed by atoms with Crippen molar-refractivity contribution in [3.8, 4) is 0 Å². The van der Waals surface area contributed by atoms with Crippen LogP contribution >= 0.6 is 0 Å². The summed E-state index contributed by atoms with van der Waals surface area (Å²) in [7, 11) is 0. The summed E-state index contributed by atoms with van der Waals surface area (Å²) >= 11 is 0. The van der Waals surface area contributed by atoms with Crippen LogP contribution in [-0.2, 0) is 54.3 Å². The Kier molecular flexibility index (Phi) is 8.32. The molecule has 0 saturated heterocycles. The van der Waals surface area contributed by atoms with Crippen molar-refractivity contribution in [1.82, 2.24) is 0 Å². The van der Waals surface area contributed by atoms with Crippen LogP contribution in [0.3, 0.4) is 0 Å². The molecule has 1 rings (SSSR count). The molecule has 2 unspecified atom stereocenters. The smallest absolute Gasteiger partial charge is 0.307 e. The Labute approximate surface area is 107 Å². The van der Waals surface area contributed by atoms with E-state index in [4.69, 9.17) is 10.2 Å².